The highest BCUT2D eigenvalue weighted by atomic mass is 32.2. The van der Waals surface area contributed by atoms with E-state index in [1.807, 2.05) is 48.7 Å². The van der Waals surface area contributed by atoms with E-state index in [4.69, 9.17) is 4.42 Å². The molecule has 1 N–H and O–H groups in total. The predicted octanol–water partition coefficient (Wildman–Crippen LogP) is 4.49. The van der Waals surface area contributed by atoms with Crippen molar-refractivity contribution in [2.75, 3.05) is 17.3 Å². The van der Waals surface area contributed by atoms with Gasteiger partial charge in [0.2, 0.25) is 5.91 Å². The van der Waals surface area contributed by atoms with Crippen molar-refractivity contribution in [2.24, 2.45) is 0 Å². The molecule has 0 spiro atoms. The number of amides is 1. The molecule has 0 saturated heterocycles. The van der Waals surface area contributed by atoms with Gasteiger partial charge in [0.05, 0.1) is 29.5 Å². The number of nitrogens with one attached hydrogen (secondary N) is 1. The van der Waals surface area contributed by atoms with Crippen LogP contribution in [0.15, 0.2) is 86.2 Å². The molecule has 0 atom stereocenters. The van der Waals surface area contributed by atoms with E-state index in [2.05, 4.69) is 10.3 Å². The monoisotopic (exact) mass is 437 g/mol. The number of para-hydroxylation sites is 1. The Bertz CT molecular complexity index is 1240. The molecule has 1 amide bonds. The zero-order valence-electron chi connectivity index (χ0n) is 16.2. The van der Waals surface area contributed by atoms with Crippen LogP contribution in [0.25, 0.3) is 10.9 Å². The number of fused-ring (bicyclic) bond motifs is 1. The number of nitrogens with zero attached hydrogens (tertiary/aromatic N) is 2. The van der Waals surface area contributed by atoms with E-state index in [0.717, 1.165) is 10.6 Å². The van der Waals surface area contributed by atoms with Crippen molar-refractivity contribution in [2.45, 2.75) is 16.6 Å². The van der Waals surface area contributed by atoms with Crippen LogP contribution < -0.4 is 10.9 Å². The Morgan fingerprint density at radius 1 is 1.13 bits per heavy atom. The Morgan fingerprint density at radius 3 is 2.80 bits per heavy atom. The van der Waals surface area contributed by atoms with E-state index in [9.17, 15) is 9.59 Å². The Balaban J connectivity index is 1.57. The second-order valence-electron chi connectivity index (χ2n) is 6.45. The summed E-state index contributed by atoms with van der Waals surface area (Å²) < 4.78 is 6.96. The molecule has 2 heterocycles. The Kier molecular flexibility index (Phi) is 6.25. The van der Waals surface area contributed by atoms with Crippen LogP contribution in [0.4, 0.5) is 5.69 Å². The summed E-state index contributed by atoms with van der Waals surface area (Å²) in [5.41, 5.74) is 1.19. The molecule has 2 aromatic carbocycles. The van der Waals surface area contributed by atoms with Gasteiger partial charge in [0.15, 0.2) is 5.16 Å². The van der Waals surface area contributed by atoms with Gasteiger partial charge in [-0.3, -0.25) is 14.2 Å². The maximum absolute atomic E-state index is 13.0. The van der Waals surface area contributed by atoms with Crippen molar-refractivity contribution >= 4 is 46.0 Å². The van der Waals surface area contributed by atoms with Crippen LogP contribution in [0, 0.1) is 0 Å². The maximum atomic E-state index is 13.0. The van der Waals surface area contributed by atoms with Gasteiger partial charge in [-0.1, -0.05) is 30.0 Å². The first-order chi connectivity index (χ1) is 14.6. The van der Waals surface area contributed by atoms with E-state index in [1.54, 1.807) is 40.8 Å². The SMILES string of the molecule is CSc1cccc(NC(=O)CSc2nc3ccccc3c(=O)n2Cc2ccco2)c1. The van der Waals surface area contributed by atoms with Gasteiger partial charge in [0.1, 0.15) is 5.76 Å². The van der Waals surface area contributed by atoms with E-state index in [0.29, 0.717) is 21.8 Å². The molecular weight excluding hydrogens is 418 g/mol. The Hall–Kier alpha value is -2.97. The molecule has 2 aromatic heterocycles. The molecule has 8 heteroatoms. The second kappa shape index (κ2) is 9.23. The molecule has 4 rings (SSSR count). The molecule has 0 aliphatic heterocycles. The molecule has 0 aliphatic rings. The minimum Gasteiger partial charge on any atom is -0.467 e. The highest BCUT2D eigenvalue weighted by molar-refractivity contribution is 7.99. The number of benzene rings is 2. The van der Waals surface area contributed by atoms with Crippen LogP contribution in [0.5, 0.6) is 0 Å². The molecule has 0 saturated carbocycles. The zero-order chi connectivity index (χ0) is 20.9. The van der Waals surface area contributed by atoms with Crippen molar-refractivity contribution in [1.82, 2.24) is 9.55 Å². The summed E-state index contributed by atoms with van der Waals surface area (Å²) in [6, 6.07) is 18.4. The lowest BCUT2D eigenvalue weighted by Gasteiger charge is -2.12. The first-order valence-electron chi connectivity index (χ1n) is 9.23. The summed E-state index contributed by atoms with van der Waals surface area (Å²) >= 11 is 2.84. The van der Waals surface area contributed by atoms with Crippen LogP contribution in [0.2, 0.25) is 0 Å². The Labute approximate surface area is 181 Å². The number of furan rings is 1. The number of rotatable bonds is 7. The normalized spacial score (nSPS) is 11.0. The van der Waals surface area contributed by atoms with Crippen molar-refractivity contribution in [1.29, 1.82) is 0 Å². The third kappa shape index (κ3) is 4.60. The molecule has 4 aromatic rings. The lowest BCUT2D eigenvalue weighted by molar-refractivity contribution is -0.113. The first kappa shape index (κ1) is 20.3. The largest absolute Gasteiger partial charge is 0.467 e. The van der Waals surface area contributed by atoms with Gasteiger partial charge >= 0.3 is 0 Å². The van der Waals surface area contributed by atoms with Crippen LogP contribution in [0.3, 0.4) is 0 Å². The fourth-order valence-electron chi connectivity index (χ4n) is 2.98. The van der Waals surface area contributed by atoms with E-state index in [-0.39, 0.29) is 23.8 Å². The number of anilines is 1. The van der Waals surface area contributed by atoms with Crippen molar-refractivity contribution in [3.05, 3.63) is 83.0 Å². The third-order valence-electron chi connectivity index (χ3n) is 4.41. The van der Waals surface area contributed by atoms with Gasteiger partial charge in [-0.2, -0.15) is 0 Å². The highest BCUT2D eigenvalue weighted by Gasteiger charge is 2.14. The average molecular weight is 438 g/mol. The average Bonchev–Trinajstić information content (AvgIpc) is 3.28. The fourth-order valence-corrected chi connectivity index (χ4v) is 4.24. The summed E-state index contributed by atoms with van der Waals surface area (Å²) in [4.78, 5) is 31.2. The van der Waals surface area contributed by atoms with Gasteiger partial charge in [-0.05, 0) is 48.7 Å². The smallest absolute Gasteiger partial charge is 0.262 e. The third-order valence-corrected chi connectivity index (χ3v) is 6.11. The van der Waals surface area contributed by atoms with Gasteiger partial charge in [0.25, 0.3) is 5.56 Å². The standard InChI is InChI=1S/C22H19N3O3S2/c1-29-17-8-4-6-15(12-17)23-20(26)14-30-22-24-19-10-3-2-9-18(19)21(27)25(22)13-16-7-5-11-28-16/h2-12H,13-14H2,1H3,(H,23,26). The molecule has 0 fully saturated rings. The lowest BCUT2D eigenvalue weighted by Crippen LogP contribution is -2.24. The highest BCUT2D eigenvalue weighted by Crippen LogP contribution is 2.21. The quantitative estimate of drug-likeness (QED) is 0.339. The summed E-state index contributed by atoms with van der Waals surface area (Å²) in [7, 11) is 0. The zero-order valence-corrected chi connectivity index (χ0v) is 17.8. The summed E-state index contributed by atoms with van der Waals surface area (Å²) in [6.45, 7) is 0.253. The van der Waals surface area contributed by atoms with Crippen LogP contribution >= 0.6 is 23.5 Å². The molecule has 30 heavy (non-hydrogen) atoms. The second-order valence-corrected chi connectivity index (χ2v) is 8.27. The summed E-state index contributed by atoms with van der Waals surface area (Å²) in [5, 5.41) is 3.91. The minimum atomic E-state index is -0.162. The van der Waals surface area contributed by atoms with Gasteiger partial charge in [0, 0.05) is 10.6 Å². The molecular formula is C22H19N3O3S2. The molecule has 0 bridgehead atoms. The molecule has 0 aliphatic carbocycles. The van der Waals surface area contributed by atoms with E-state index < -0.39 is 0 Å². The summed E-state index contributed by atoms with van der Waals surface area (Å²) in [5.74, 6) is 0.617. The van der Waals surface area contributed by atoms with Crippen molar-refractivity contribution < 1.29 is 9.21 Å². The van der Waals surface area contributed by atoms with Gasteiger partial charge in [-0.15, -0.1) is 11.8 Å². The molecule has 0 radical (unpaired) electrons. The number of thioether (sulfide) groups is 2. The first-order valence-corrected chi connectivity index (χ1v) is 11.4. The number of hydrogen-bond acceptors (Lipinski definition) is 6. The number of carbonyl (C=O) groups excluding carboxylic acids is 1. The molecule has 152 valence electrons. The van der Waals surface area contributed by atoms with E-state index in [1.165, 1.54) is 11.8 Å². The topological polar surface area (TPSA) is 77.1 Å². The maximum Gasteiger partial charge on any atom is 0.262 e. The van der Waals surface area contributed by atoms with Crippen molar-refractivity contribution in [3.8, 4) is 0 Å². The van der Waals surface area contributed by atoms with Gasteiger partial charge < -0.3 is 9.73 Å². The molecule has 6 nitrogen and oxygen atoms in total. The van der Waals surface area contributed by atoms with Gasteiger partial charge in [-0.25, -0.2) is 4.98 Å². The fraction of sp³-hybridized carbons (Fsp3) is 0.136. The Morgan fingerprint density at radius 2 is 2.00 bits per heavy atom. The summed E-state index contributed by atoms with van der Waals surface area (Å²) in [6.07, 6.45) is 3.55. The van der Waals surface area contributed by atoms with E-state index >= 15 is 0 Å². The van der Waals surface area contributed by atoms with Crippen LogP contribution in [-0.2, 0) is 11.3 Å². The molecule has 0 unspecified atom stereocenters. The minimum absolute atomic E-state index is 0.131. The van der Waals surface area contributed by atoms with Crippen molar-refractivity contribution in [3.63, 3.8) is 0 Å². The number of carbonyl (C=O) groups is 1. The van der Waals surface area contributed by atoms with Crippen LogP contribution in [0.1, 0.15) is 5.76 Å². The number of hydrogen-bond donors (Lipinski definition) is 1. The number of aromatic nitrogens is 2. The van der Waals surface area contributed by atoms with Crippen LogP contribution in [-0.4, -0.2) is 27.5 Å². The lowest BCUT2D eigenvalue weighted by atomic mass is 10.2. The predicted molar refractivity (Wildman–Crippen MR) is 121 cm³/mol.